The van der Waals surface area contributed by atoms with E-state index in [1.165, 1.54) is 15.5 Å². The second kappa shape index (κ2) is 9.48. The van der Waals surface area contributed by atoms with Crippen molar-refractivity contribution in [1.82, 2.24) is 10.2 Å². The molecule has 0 aliphatic carbocycles. The second-order valence-corrected chi connectivity index (χ2v) is 8.52. The van der Waals surface area contributed by atoms with Crippen molar-refractivity contribution in [3.8, 4) is 0 Å². The van der Waals surface area contributed by atoms with Gasteiger partial charge < -0.3 is 15.1 Å². The van der Waals surface area contributed by atoms with Crippen LogP contribution in [-0.4, -0.2) is 43.5 Å². The van der Waals surface area contributed by atoms with E-state index in [2.05, 4.69) is 79.3 Å². The van der Waals surface area contributed by atoms with Gasteiger partial charge in [0.25, 0.3) is 5.91 Å². The van der Waals surface area contributed by atoms with Crippen LogP contribution in [0.1, 0.15) is 44.0 Å². The summed E-state index contributed by atoms with van der Waals surface area (Å²) in [5.41, 5.74) is 3.08. The minimum Gasteiger partial charge on any atom is -0.352 e. The lowest BCUT2D eigenvalue weighted by Crippen LogP contribution is -2.39. The lowest BCUT2D eigenvalue weighted by molar-refractivity contribution is 0.0953. The van der Waals surface area contributed by atoms with Gasteiger partial charge in [0.2, 0.25) is 0 Å². The number of benzene rings is 2. The summed E-state index contributed by atoms with van der Waals surface area (Å²) in [4.78, 5) is 19.8. The van der Waals surface area contributed by atoms with Gasteiger partial charge in [-0.1, -0.05) is 44.2 Å². The third kappa shape index (κ3) is 4.53. The lowest BCUT2D eigenvalue weighted by Gasteiger charge is -2.38. The maximum atomic E-state index is 12.6. The number of nitrogens with zero attached hydrogens (tertiary/aromatic N) is 2. The average Bonchev–Trinajstić information content (AvgIpc) is 2.71. The third-order valence-corrected chi connectivity index (χ3v) is 6.33. The van der Waals surface area contributed by atoms with Gasteiger partial charge in [-0.05, 0) is 57.3 Å². The summed E-state index contributed by atoms with van der Waals surface area (Å²) < 4.78 is 0. The number of hydrogen-bond acceptors (Lipinski definition) is 4. The van der Waals surface area contributed by atoms with Gasteiger partial charge in [0, 0.05) is 34.5 Å². The molecule has 150 valence electrons. The Morgan fingerprint density at radius 2 is 1.89 bits per heavy atom. The molecule has 1 aliphatic rings. The summed E-state index contributed by atoms with van der Waals surface area (Å²) in [6.07, 6.45) is 2.08. The molecule has 3 rings (SSSR count). The van der Waals surface area contributed by atoms with Crippen LogP contribution in [0.2, 0.25) is 0 Å². The van der Waals surface area contributed by atoms with Gasteiger partial charge >= 0.3 is 0 Å². The summed E-state index contributed by atoms with van der Waals surface area (Å²) in [6, 6.07) is 14.9. The van der Waals surface area contributed by atoms with E-state index >= 15 is 0 Å². The molecule has 1 amide bonds. The molecule has 28 heavy (non-hydrogen) atoms. The van der Waals surface area contributed by atoms with Crippen molar-refractivity contribution in [2.24, 2.45) is 0 Å². The summed E-state index contributed by atoms with van der Waals surface area (Å²) in [5, 5.41) is 3.04. The molecule has 0 saturated heterocycles. The molecule has 1 N–H and O–H groups in total. The van der Waals surface area contributed by atoms with Crippen molar-refractivity contribution in [2.45, 2.75) is 49.4 Å². The fraction of sp³-hybridized carbons (Fsp3) is 0.435. The topological polar surface area (TPSA) is 35.6 Å². The number of fused-ring (bicyclic) bond motifs is 2. The highest BCUT2D eigenvalue weighted by atomic mass is 32.2. The van der Waals surface area contributed by atoms with Crippen LogP contribution in [-0.2, 0) is 0 Å². The minimum absolute atomic E-state index is 0.0124. The van der Waals surface area contributed by atoms with Gasteiger partial charge in [-0.15, -0.1) is 0 Å². The molecule has 1 atom stereocenters. The molecular weight excluding hydrogens is 366 g/mol. The summed E-state index contributed by atoms with van der Waals surface area (Å²) in [5.74, 6) is 0.0124. The van der Waals surface area contributed by atoms with Crippen LogP contribution in [0.4, 0.5) is 11.4 Å². The van der Waals surface area contributed by atoms with Crippen molar-refractivity contribution >= 4 is 29.0 Å². The Morgan fingerprint density at radius 1 is 1.14 bits per heavy atom. The van der Waals surface area contributed by atoms with Crippen LogP contribution in [0.3, 0.4) is 0 Å². The monoisotopic (exact) mass is 397 g/mol. The minimum atomic E-state index is 0.0124. The normalized spacial score (nSPS) is 13.8. The SMILES string of the molecule is CCCCNC(=O)c1ccc2c(c1)N(C(C)CN(C)CC)c1ccccc1S2. The molecule has 1 heterocycles. The number of carbonyl (C=O) groups is 1. The Balaban J connectivity index is 1.95. The van der Waals surface area contributed by atoms with E-state index in [1.807, 2.05) is 6.07 Å². The van der Waals surface area contributed by atoms with Crippen molar-refractivity contribution in [1.29, 1.82) is 0 Å². The highest BCUT2D eigenvalue weighted by Gasteiger charge is 2.28. The molecule has 4 nitrogen and oxygen atoms in total. The molecule has 0 bridgehead atoms. The number of anilines is 2. The Hall–Kier alpha value is -1.98. The standard InChI is InChI=1S/C23H31N3OS/c1-5-7-14-24-23(27)18-12-13-22-20(15-18)26(17(3)16-25(4)6-2)19-10-8-9-11-21(19)28-22/h8-13,15,17H,5-7,14,16H2,1-4H3,(H,24,27). The predicted octanol–water partition coefficient (Wildman–Crippen LogP) is 5.16. The van der Waals surface area contributed by atoms with Crippen molar-refractivity contribution in [3.05, 3.63) is 48.0 Å². The van der Waals surface area contributed by atoms with Crippen LogP contribution in [0.5, 0.6) is 0 Å². The number of unbranched alkanes of at least 4 members (excludes halogenated alkanes) is 1. The zero-order chi connectivity index (χ0) is 20.1. The quantitative estimate of drug-likeness (QED) is 0.624. The molecule has 0 saturated carbocycles. The van der Waals surface area contributed by atoms with Crippen molar-refractivity contribution < 1.29 is 4.79 Å². The fourth-order valence-electron chi connectivity index (χ4n) is 3.54. The molecular formula is C23H31N3OS. The van der Waals surface area contributed by atoms with E-state index < -0.39 is 0 Å². The van der Waals surface area contributed by atoms with E-state index in [4.69, 9.17) is 0 Å². The van der Waals surface area contributed by atoms with Gasteiger partial charge in [-0.3, -0.25) is 4.79 Å². The molecule has 5 heteroatoms. The number of likely N-dealkylation sites (N-methyl/N-ethyl adjacent to an activating group) is 1. The Kier molecular flexibility index (Phi) is 7.03. The molecule has 0 aromatic heterocycles. The first kappa shape index (κ1) is 20.7. The van der Waals surface area contributed by atoms with Gasteiger partial charge in [-0.25, -0.2) is 0 Å². The van der Waals surface area contributed by atoms with Gasteiger partial charge in [0.15, 0.2) is 0 Å². The number of para-hydroxylation sites is 1. The fourth-order valence-corrected chi connectivity index (χ4v) is 4.59. The first-order chi connectivity index (χ1) is 13.5. The van der Waals surface area contributed by atoms with Crippen LogP contribution in [0.15, 0.2) is 52.3 Å². The molecule has 2 aromatic carbocycles. The third-order valence-electron chi connectivity index (χ3n) is 5.20. The molecule has 0 radical (unpaired) electrons. The lowest BCUT2D eigenvalue weighted by atomic mass is 10.1. The molecule has 1 unspecified atom stereocenters. The van der Waals surface area contributed by atoms with Gasteiger partial charge in [0.05, 0.1) is 11.4 Å². The molecule has 1 aliphatic heterocycles. The van der Waals surface area contributed by atoms with Crippen molar-refractivity contribution in [3.63, 3.8) is 0 Å². The van der Waals surface area contributed by atoms with Gasteiger partial charge in [0.1, 0.15) is 0 Å². The van der Waals surface area contributed by atoms with E-state index in [9.17, 15) is 4.79 Å². The zero-order valence-corrected chi connectivity index (χ0v) is 18.2. The van der Waals surface area contributed by atoms with E-state index in [1.54, 1.807) is 11.8 Å². The number of rotatable bonds is 8. The number of amides is 1. The number of carbonyl (C=O) groups excluding carboxylic acids is 1. The number of nitrogens with one attached hydrogen (secondary N) is 1. The summed E-state index contributed by atoms with van der Waals surface area (Å²) >= 11 is 1.78. The van der Waals surface area contributed by atoms with E-state index in [0.29, 0.717) is 6.04 Å². The molecule has 0 spiro atoms. The highest BCUT2D eigenvalue weighted by molar-refractivity contribution is 7.99. The van der Waals surface area contributed by atoms with Crippen LogP contribution in [0.25, 0.3) is 0 Å². The Labute approximate surface area is 173 Å². The first-order valence-electron chi connectivity index (χ1n) is 10.2. The Bertz CT molecular complexity index is 823. The highest BCUT2D eigenvalue weighted by Crippen LogP contribution is 2.49. The van der Waals surface area contributed by atoms with Crippen molar-refractivity contribution in [2.75, 3.05) is 31.6 Å². The second-order valence-electron chi connectivity index (χ2n) is 7.44. The van der Waals surface area contributed by atoms with E-state index in [0.717, 1.165) is 43.7 Å². The van der Waals surface area contributed by atoms with Gasteiger partial charge in [-0.2, -0.15) is 0 Å². The largest absolute Gasteiger partial charge is 0.352 e. The summed E-state index contributed by atoms with van der Waals surface area (Å²) in [7, 11) is 2.15. The smallest absolute Gasteiger partial charge is 0.251 e. The Morgan fingerprint density at radius 3 is 2.64 bits per heavy atom. The molecule has 2 aromatic rings. The van der Waals surface area contributed by atoms with Crippen LogP contribution >= 0.6 is 11.8 Å². The first-order valence-corrected chi connectivity index (χ1v) is 11.0. The maximum absolute atomic E-state index is 12.6. The number of hydrogen-bond donors (Lipinski definition) is 1. The average molecular weight is 398 g/mol. The zero-order valence-electron chi connectivity index (χ0n) is 17.4. The molecule has 0 fully saturated rings. The maximum Gasteiger partial charge on any atom is 0.251 e. The van der Waals surface area contributed by atoms with Crippen LogP contribution in [0, 0.1) is 0 Å². The van der Waals surface area contributed by atoms with E-state index in [-0.39, 0.29) is 5.91 Å². The summed E-state index contributed by atoms with van der Waals surface area (Å²) in [6.45, 7) is 9.27. The predicted molar refractivity (Wildman–Crippen MR) is 119 cm³/mol. The van der Waals surface area contributed by atoms with Crippen LogP contribution < -0.4 is 10.2 Å².